The van der Waals surface area contributed by atoms with Crippen LogP contribution in [0.1, 0.15) is 0 Å². The highest BCUT2D eigenvalue weighted by molar-refractivity contribution is 6.13. The van der Waals surface area contributed by atoms with Crippen LogP contribution in [-0.4, -0.2) is 144 Å². The average molecular weight is 1250 g/mol. The lowest BCUT2D eigenvalue weighted by Crippen LogP contribution is -2.71. The SMILES string of the molecule is O=C(OOC(=O)C(F)(C(=O)C(F)(OC(F)(F)C(F)(OC(F)(F)C(F)(F)C(F)(F)F)C(F)(F)F)C(F)(F)F)C(F)(F)F)C(F)(C(=O)C(F)(OC(F)(F)C(F)(OC(F)(F)C(F)(F)C(F)(F)F)C(F)(F)F)C(F)(F)F)C(F)(F)F. The van der Waals surface area contributed by atoms with Crippen molar-refractivity contribution in [2.24, 2.45) is 0 Å². The van der Waals surface area contributed by atoms with Crippen molar-refractivity contribution in [1.82, 2.24) is 0 Å². The Kier molecular flexibility index (Phi) is 17.7. The van der Waals surface area contributed by atoms with Gasteiger partial charge in [0, 0.05) is 0 Å². The van der Waals surface area contributed by atoms with E-state index in [0.717, 1.165) is 18.9 Å². The maximum absolute atomic E-state index is 15.0. The second kappa shape index (κ2) is 18.9. The molecule has 0 amide bonds. The molecule has 0 aromatic heterocycles. The third-order valence-corrected chi connectivity index (χ3v) is 7.47. The van der Waals surface area contributed by atoms with Crippen LogP contribution in [0.4, 0.5) is 184 Å². The minimum absolute atomic E-state index is 0.821. The third kappa shape index (κ3) is 11.4. The fourth-order valence-electron chi connectivity index (χ4n) is 3.63. The molecular weight excluding hydrogens is 1250 g/mol. The van der Waals surface area contributed by atoms with E-state index in [0.29, 0.717) is 0 Å². The van der Waals surface area contributed by atoms with Crippen molar-refractivity contribution in [3.63, 3.8) is 0 Å². The van der Waals surface area contributed by atoms with Crippen LogP contribution < -0.4 is 0 Å². The van der Waals surface area contributed by atoms with Crippen molar-refractivity contribution in [2.45, 2.75) is 120 Å². The lowest BCUT2D eigenvalue weighted by Gasteiger charge is -2.41. The molecule has 0 radical (unpaired) electrons. The standard InChI is InChI=1S/C24F42O10/c25-5(13(35,36)37,1(67)7(27,15(41,42)43)73-23(63,64)11(33,19(53,54)55)75-21(59,60)9(29,30)17(47,48)49)3(69)71-72-4(70)6(26,14(38,39)40)2(68)8(28,16(44,45)46)74-24(65,66)12(34,20(56,57)58)76-22(61,62)10(31,32)18(50,51)52. The summed E-state index contributed by atoms with van der Waals surface area (Å²) < 4.78 is 569. The first kappa shape index (κ1) is 71.2. The molecule has 0 aromatic carbocycles. The molecular formula is C24F42O10. The van der Waals surface area contributed by atoms with Crippen LogP contribution in [0, 0.1) is 0 Å². The van der Waals surface area contributed by atoms with Gasteiger partial charge in [0.25, 0.3) is 11.6 Å². The molecule has 52 heteroatoms. The zero-order valence-corrected chi connectivity index (χ0v) is 32.0. The van der Waals surface area contributed by atoms with Crippen LogP contribution >= 0.6 is 0 Å². The van der Waals surface area contributed by atoms with Crippen LogP contribution in [0.25, 0.3) is 0 Å². The number of rotatable bonds is 18. The highest BCUT2D eigenvalue weighted by Crippen LogP contribution is 2.60. The number of Topliss-reactive ketones (excluding diaryl/α,β-unsaturated/α-hetero) is 2. The Morgan fingerprint density at radius 2 is 0.421 bits per heavy atom. The summed E-state index contributed by atoms with van der Waals surface area (Å²) >= 11 is 0. The van der Waals surface area contributed by atoms with Crippen molar-refractivity contribution in [3.8, 4) is 0 Å². The van der Waals surface area contributed by atoms with E-state index < -0.39 is 144 Å². The maximum Gasteiger partial charge on any atom is 0.462 e. The summed E-state index contributed by atoms with van der Waals surface area (Å²) in [5.41, 5.74) is -17.7. The van der Waals surface area contributed by atoms with Crippen LogP contribution in [0.3, 0.4) is 0 Å². The Morgan fingerprint density at radius 3 is 0.566 bits per heavy atom. The molecule has 0 aromatic rings. The fourth-order valence-corrected chi connectivity index (χ4v) is 3.63. The number of ether oxygens (including phenoxy) is 4. The minimum atomic E-state index is -9.33. The van der Waals surface area contributed by atoms with Gasteiger partial charge in [-0.05, 0) is 0 Å². The summed E-state index contributed by atoms with van der Waals surface area (Å²) in [6, 6.07) is 0. The highest BCUT2D eigenvalue weighted by Gasteiger charge is 2.90. The Balaban J connectivity index is 8.05. The molecule has 0 aliphatic rings. The van der Waals surface area contributed by atoms with Gasteiger partial charge < -0.3 is 0 Å². The molecule has 450 valence electrons. The molecule has 0 aliphatic carbocycles. The van der Waals surface area contributed by atoms with Gasteiger partial charge >= 0.3 is 132 Å². The average Bonchev–Trinajstić information content (AvgIpc) is 3.13. The number of hydrogen-bond donors (Lipinski definition) is 0. The predicted octanol–water partition coefficient (Wildman–Crippen LogP) is 11.4. The van der Waals surface area contributed by atoms with Crippen molar-refractivity contribution in [1.29, 1.82) is 0 Å². The van der Waals surface area contributed by atoms with Crippen LogP contribution in [-0.2, 0) is 47.9 Å². The molecule has 10 nitrogen and oxygen atoms in total. The number of ketones is 2. The number of carbonyl (C=O) groups is 4. The van der Waals surface area contributed by atoms with Crippen molar-refractivity contribution < 1.29 is 232 Å². The molecule has 6 unspecified atom stereocenters. The molecule has 0 rings (SSSR count). The second-order valence-corrected chi connectivity index (χ2v) is 12.7. The van der Waals surface area contributed by atoms with Crippen molar-refractivity contribution in [3.05, 3.63) is 0 Å². The first-order valence-electron chi connectivity index (χ1n) is 15.5. The summed E-state index contributed by atoms with van der Waals surface area (Å²) in [6.07, 6.45) is -106. The smallest absolute Gasteiger partial charge is 0.288 e. The molecule has 0 spiro atoms. The quantitative estimate of drug-likeness (QED) is 0.0567. The Labute approximate surface area is 377 Å². The van der Waals surface area contributed by atoms with Crippen LogP contribution in [0.2, 0.25) is 0 Å². The van der Waals surface area contributed by atoms with E-state index in [9.17, 15) is 195 Å². The van der Waals surface area contributed by atoms with Crippen LogP contribution in [0.5, 0.6) is 0 Å². The minimum Gasteiger partial charge on any atom is -0.288 e. The third-order valence-electron chi connectivity index (χ3n) is 7.47. The Hall–Kier alpha value is -4.82. The van der Waals surface area contributed by atoms with Gasteiger partial charge in [-0.1, -0.05) is 0 Å². The predicted molar refractivity (Wildman–Crippen MR) is 128 cm³/mol. The summed E-state index contributed by atoms with van der Waals surface area (Å²) in [7, 11) is 0. The van der Waals surface area contributed by atoms with E-state index in [1.807, 2.05) is 0 Å². The van der Waals surface area contributed by atoms with Gasteiger partial charge in [-0.2, -0.15) is 176 Å². The van der Waals surface area contributed by atoms with E-state index in [1.165, 1.54) is 0 Å². The first-order valence-corrected chi connectivity index (χ1v) is 15.5. The second-order valence-electron chi connectivity index (χ2n) is 12.7. The van der Waals surface area contributed by atoms with E-state index in [4.69, 9.17) is 0 Å². The van der Waals surface area contributed by atoms with Gasteiger partial charge in [0.05, 0.1) is 0 Å². The van der Waals surface area contributed by atoms with Gasteiger partial charge in [0.2, 0.25) is 0 Å². The maximum atomic E-state index is 15.0. The van der Waals surface area contributed by atoms with Crippen molar-refractivity contribution in [2.75, 3.05) is 0 Å². The van der Waals surface area contributed by atoms with Crippen molar-refractivity contribution >= 4 is 23.5 Å². The van der Waals surface area contributed by atoms with Gasteiger partial charge in [-0.3, -0.25) is 28.5 Å². The molecule has 0 saturated carbocycles. The lowest BCUT2D eigenvalue weighted by molar-refractivity contribution is -0.548. The monoisotopic (exact) mass is 1250 g/mol. The van der Waals surface area contributed by atoms with Gasteiger partial charge in [0.1, 0.15) is 0 Å². The molecule has 0 heterocycles. The largest absolute Gasteiger partial charge is 0.462 e. The van der Waals surface area contributed by atoms with Gasteiger partial charge in [0.15, 0.2) is 0 Å². The number of hydrogen-bond acceptors (Lipinski definition) is 10. The Bertz CT molecular complexity index is 2010. The van der Waals surface area contributed by atoms with E-state index in [-0.39, 0.29) is 0 Å². The van der Waals surface area contributed by atoms with E-state index in [1.54, 1.807) is 9.78 Å². The fraction of sp³-hybridized carbons (Fsp3) is 0.833. The highest BCUT2D eigenvalue weighted by atomic mass is 19.5. The molecule has 6 atom stereocenters. The molecule has 0 N–H and O–H groups in total. The molecule has 0 bridgehead atoms. The molecule has 0 saturated heterocycles. The Morgan fingerprint density at radius 1 is 0.224 bits per heavy atom. The molecule has 0 aliphatic heterocycles. The number of halogens is 42. The normalized spacial score (nSPS) is 20.0. The number of alkyl halides is 42. The summed E-state index contributed by atoms with van der Waals surface area (Å²) in [4.78, 5) is 50.4. The molecule has 0 fully saturated rings. The zero-order chi connectivity index (χ0) is 62.6. The lowest BCUT2D eigenvalue weighted by atomic mass is 9.93. The summed E-state index contributed by atoms with van der Waals surface area (Å²) in [6.45, 7) is 0. The van der Waals surface area contributed by atoms with Gasteiger partial charge in [-0.25, -0.2) is 28.1 Å². The van der Waals surface area contributed by atoms with E-state index in [2.05, 4.69) is 0 Å². The summed E-state index contributed by atoms with van der Waals surface area (Å²) in [5, 5.41) is 0. The van der Waals surface area contributed by atoms with E-state index >= 15 is 8.78 Å². The topological polar surface area (TPSA) is 124 Å². The zero-order valence-electron chi connectivity index (χ0n) is 32.0. The van der Waals surface area contributed by atoms with Crippen LogP contribution in [0.15, 0.2) is 0 Å². The number of carbonyl (C=O) groups excluding carboxylic acids is 4. The summed E-state index contributed by atoms with van der Waals surface area (Å²) in [5.74, 6) is -78.9. The first-order chi connectivity index (χ1) is 32.2. The van der Waals surface area contributed by atoms with Gasteiger partial charge in [-0.15, -0.1) is 0 Å². The molecule has 76 heavy (non-hydrogen) atoms.